The molecule has 1 fully saturated rings. The fourth-order valence-corrected chi connectivity index (χ4v) is 4.16. The first-order valence-electron chi connectivity index (χ1n) is 8.00. The van der Waals surface area contributed by atoms with Gasteiger partial charge in [-0.25, -0.2) is 18.1 Å². The van der Waals surface area contributed by atoms with Gasteiger partial charge in [0.1, 0.15) is 5.82 Å². The molecule has 4 N–H and O–H groups in total. The number of aromatic nitrogens is 2. The van der Waals surface area contributed by atoms with Gasteiger partial charge < -0.3 is 16.0 Å². The minimum atomic E-state index is -3.15. The normalized spacial score (nSPS) is 20.1. The third-order valence-corrected chi connectivity index (χ3v) is 5.12. The molecule has 1 saturated heterocycles. The molecule has 2 aliphatic heterocycles. The number of hydrogen-bond acceptors (Lipinski definition) is 7. The van der Waals surface area contributed by atoms with Crippen molar-refractivity contribution >= 4 is 21.8 Å². The van der Waals surface area contributed by atoms with Crippen LogP contribution in [-0.4, -0.2) is 56.9 Å². The lowest BCUT2D eigenvalue weighted by atomic mass is 10.0. The first kappa shape index (κ1) is 16.4. The molecular formula is C14H24N6O2S. The number of sulfonamides is 1. The van der Waals surface area contributed by atoms with E-state index in [1.165, 1.54) is 11.8 Å². The summed E-state index contributed by atoms with van der Waals surface area (Å²) in [4.78, 5) is 11.1. The van der Waals surface area contributed by atoms with Crippen LogP contribution >= 0.6 is 0 Å². The molecule has 1 aromatic rings. The Morgan fingerprint density at radius 1 is 1.22 bits per heavy atom. The van der Waals surface area contributed by atoms with Gasteiger partial charge in [-0.05, 0) is 25.8 Å². The van der Waals surface area contributed by atoms with E-state index in [1.54, 1.807) is 0 Å². The number of piperidine rings is 1. The van der Waals surface area contributed by atoms with Gasteiger partial charge in [-0.15, -0.1) is 0 Å². The second-order valence-corrected chi connectivity index (χ2v) is 8.01. The zero-order valence-corrected chi connectivity index (χ0v) is 14.2. The molecule has 9 heteroatoms. The van der Waals surface area contributed by atoms with E-state index in [4.69, 9.17) is 5.73 Å². The summed E-state index contributed by atoms with van der Waals surface area (Å²) in [5.74, 6) is 1.24. The molecule has 1 aromatic heterocycles. The third-order valence-electron chi connectivity index (χ3n) is 4.35. The molecule has 0 aromatic carbocycles. The van der Waals surface area contributed by atoms with Crippen molar-refractivity contribution in [2.45, 2.75) is 31.7 Å². The van der Waals surface area contributed by atoms with Crippen molar-refractivity contribution in [3.8, 4) is 0 Å². The molecular weight excluding hydrogens is 316 g/mol. The molecule has 0 spiro atoms. The van der Waals surface area contributed by atoms with E-state index in [0.29, 0.717) is 5.95 Å². The van der Waals surface area contributed by atoms with Crippen molar-refractivity contribution < 1.29 is 8.42 Å². The number of nitrogen functional groups attached to an aromatic ring is 1. The maximum absolute atomic E-state index is 11.4. The van der Waals surface area contributed by atoms with Gasteiger partial charge in [-0.1, -0.05) is 0 Å². The van der Waals surface area contributed by atoms with Gasteiger partial charge in [0.2, 0.25) is 16.0 Å². The van der Waals surface area contributed by atoms with E-state index < -0.39 is 10.0 Å². The largest absolute Gasteiger partial charge is 0.368 e. The third kappa shape index (κ3) is 4.10. The molecule has 0 saturated carbocycles. The lowest BCUT2D eigenvalue weighted by Crippen LogP contribution is -2.45. The molecule has 0 unspecified atom stereocenters. The molecule has 3 heterocycles. The average Bonchev–Trinajstić information content (AvgIpc) is 2.71. The number of nitrogens with two attached hydrogens (primary N) is 1. The molecule has 0 amide bonds. The minimum Gasteiger partial charge on any atom is -0.368 e. The van der Waals surface area contributed by atoms with E-state index in [-0.39, 0.29) is 6.04 Å². The summed E-state index contributed by atoms with van der Waals surface area (Å²) in [5.41, 5.74) is 8.11. The summed E-state index contributed by atoms with van der Waals surface area (Å²) < 4.78 is 25.4. The van der Waals surface area contributed by atoms with Crippen LogP contribution in [0.25, 0.3) is 0 Å². The Kier molecular flexibility index (Phi) is 4.69. The molecule has 8 nitrogen and oxygen atoms in total. The van der Waals surface area contributed by atoms with Crippen molar-refractivity contribution in [1.82, 2.24) is 20.0 Å². The van der Waals surface area contributed by atoms with Gasteiger partial charge in [-0.2, -0.15) is 4.98 Å². The lowest BCUT2D eigenvalue weighted by molar-refractivity contribution is 0.459. The quantitative estimate of drug-likeness (QED) is 0.664. The van der Waals surface area contributed by atoms with Crippen molar-refractivity contribution in [3.63, 3.8) is 0 Å². The molecule has 0 aliphatic carbocycles. The Morgan fingerprint density at radius 3 is 2.61 bits per heavy atom. The standard InChI is InChI=1S/C14H24N6O2S/c1-23(21,22)19-10-4-8-20(9-5-10)13-11-2-6-16-7-3-12(11)17-14(15)18-13/h10,16,19H,2-9H2,1H3,(H2,15,17,18). The predicted molar refractivity (Wildman–Crippen MR) is 89.9 cm³/mol. The molecule has 23 heavy (non-hydrogen) atoms. The summed E-state index contributed by atoms with van der Waals surface area (Å²) in [6.07, 6.45) is 4.50. The number of rotatable bonds is 3. The second kappa shape index (κ2) is 6.58. The van der Waals surface area contributed by atoms with Crippen LogP contribution in [-0.2, 0) is 22.9 Å². The highest BCUT2D eigenvalue weighted by Gasteiger charge is 2.26. The van der Waals surface area contributed by atoms with E-state index in [0.717, 1.165) is 63.4 Å². The fraction of sp³-hybridized carbons (Fsp3) is 0.714. The summed E-state index contributed by atoms with van der Waals surface area (Å²) in [6, 6.07) is 0.000653. The molecule has 2 aliphatic rings. The summed E-state index contributed by atoms with van der Waals surface area (Å²) in [7, 11) is -3.15. The molecule has 128 valence electrons. The van der Waals surface area contributed by atoms with Crippen molar-refractivity contribution in [2.75, 3.05) is 43.1 Å². The van der Waals surface area contributed by atoms with Gasteiger partial charge in [0.05, 0.1) is 11.9 Å². The van der Waals surface area contributed by atoms with Crippen LogP contribution in [0.4, 0.5) is 11.8 Å². The van der Waals surface area contributed by atoms with Crippen LogP contribution in [0.15, 0.2) is 0 Å². The van der Waals surface area contributed by atoms with Gasteiger partial charge in [-0.3, -0.25) is 0 Å². The smallest absolute Gasteiger partial charge is 0.222 e. The average molecular weight is 340 g/mol. The SMILES string of the molecule is CS(=O)(=O)NC1CCN(c2nc(N)nc3c2CCNCC3)CC1. The molecule has 3 rings (SSSR count). The Balaban J connectivity index is 1.77. The van der Waals surface area contributed by atoms with Crippen LogP contribution in [0.5, 0.6) is 0 Å². The van der Waals surface area contributed by atoms with Crippen LogP contribution in [0, 0.1) is 0 Å². The maximum atomic E-state index is 11.4. The number of nitrogens with one attached hydrogen (secondary N) is 2. The van der Waals surface area contributed by atoms with Crippen molar-refractivity contribution in [2.24, 2.45) is 0 Å². The Hall–Kier alpha value is -1.45. The van der Waals surface area contributed by atoms with Crippen molar-refractivity contribution in [1.29, 1.82) is 0 Å². The topological polar surface area (TPSA) is 113 Å². The van der Waals surface area contributed by atoms with Gasteiger partial charge in [0, 0.05) is 37.7 Å². The summed E-state index contributed by atoms with van der Waals surface area (Å²) >= 11 is 0. The Morgan fingerprint density at radius 2 is 1.91 bits per heavy atom. The number of hydrogen-bond donors (Lipinski definition) is 3. The zero-order chi connectivity index (χ0) is 16.4. The van der Waals surface area contributed by atoms with E-state index in [1.807, 2.05) is 0 Å². The van der Waals surface area contributed by atoms with E-state index >= 15 is 0 Å². The molecule has 0 radical (unpaired) electrons. The number of fused-ring (bicyclic) bond motifs is 1. The van der Waals surface area contributed by atoms with Crippen LogP contribution in [0.2, 0.25) is 0 Å². The monoisotopic (exact) mass is 340 g/mol. The molecule has 0 bridgehead atoms. The highest BCUT2D eigenvalue weighted by Crippen LogP contribution is 2.26. The van der Waals surface area contributed by atoms with Crippen LogP contribution in [0.3, 0.4) is 0 Å². The number of nitrogens with zero attached hydrogens (tertiary/aromatic N) is 3. The van der Waals surface area contributed by atoms with Gasteiger partial charge in [0.25, 0.3) is 0 Å². The minimum absolute atomic E-state index is 0.000653. The fourth-order valence-electron chi connectivity index (χ4n) is 3.32. The zero-order valence-electron chi connectivity index (χ0n) is 13.4. The number of anilines is 2. The van der Waals surface area contributed by atoms with Gasteiger partial charge >= 0.3 is 0 Å². The summed E-state index contributed by atoms with van der Waals surface area (Å²) in [5, 5.41) is 3.37. The first-order chi connectivity index (χ1) is 10.9. The first-order valence-corrected chi connectivity index (χ1v) is 9.90. The lowest BCUT2D eigenvalue weighted by Gasteiger charge is -2.34. The molecule has 0 atom stereocenters. The maximum Gasteiger partial charge on any atom is 0.222 e. The predicted octanol–water partition coefficient (Wildman–Crippen LogP) is -0.735. The second-order valence-electron chi connectivity index (χ2n) is 6.23. The Labute approximate surface area is 136 Å². The van der Waals surface area contributed by atoms with Crippen molar-refractivity contribution in [3.05, 3.63) is 11.3 Å². The van der Waals surface area contributed by atoms with E-state index in [9.17, 15) is 8.42 Å². The van der Waals surface area contributed by atoms with E-state index in [2.05, 4.69) is 24.9 Å². The van der Waals surface area contributed by atoms with Crippen LogP contribution in [0.1, 0.15) is 24.1 Å². The Bertz CT molecular complexity index is 670. The highest BCUT2D eigenvalue weighted by molar-refractivity contribution is 7.88. The van der Waals surface area contributed by atoms with Gasteiger partial charge in [0.15, 0.2) is 0 Å². The highest BCUT2D eigenvalue weighted by atomic mass is 32.2. The summed E-state index contributed by atoms with van der Waals surface area (Å²) in [6.45, 7) is 3.36. The van der Waals surface area contributed by atoms with Crippen LogP contribution < -0.4 is 20.7 Å².